The molecule has 1 saturated carbocycles. The first-order chi connectivity index (χ1) is 8.78. The highest BCUT2D eigenvalue weighted by atomic mass is 32.2. The van der Waals surface area contributed by atoms with Gasteiger partial charge >= 0.3 is 0 Å². The zero-order valence-corrected chi connectivity index (χ0v) is 12.2. The molecule has 1 aliphatic carbocycles. The van der Waals surface area contributed by atoms with Gasteiger partial charge in [0.05, 0.1) is 11.4 Å². The van der Waals surface area contributed by atoms with Crippen molar-refractivity contribution >= 4 is 10.0 Å². The third-order valence-electron chi connectivity index (χ3n) is 3.55. The van der Waals surface area contributed by atoms with E-state index in [4.69, 9.17) is 0 Å². The van der Waals surface area contributed by atoms with Gasteiger partial charge in [0, 0.05) is 6.54 Å². The van der Waals surface area contributed by atoms with Gasteiger partial charge in [0.1, 0.15) is 0 Å². The zero-order valence-electron chi connectivity index (χ0n) is 11.4. The Morgan fingerprint density at radius 2 is 2.11 bits per heavy atom. The predicted molar refractivity (Wildman–Crippen MR) is 75.2 cm³/mol. The summed E-state index contributed by atoms with van der Waals surface area (Å²) >= 11 is 0. The van der Waals surface area contributed by atoms with Crippen LogP contribution in [0, 0.1) is 12.8 Å². The van der Waals surface area contributed by atoms with Crippen LogP contribution < -0.4 is 4.72 Å². The second kappa shape index (κ2) is 5.23. The molecule has 106 valence electrons. The minimum absolute atomic E-state index is 0.0462. The molecule has 0 radical (unpaired) electrons. The fraction of sp³-hybridized carbons (Fsp3) is 0.571. The van der Waals surface area contributed by atoms with Crippen LogP contribution in [0.2, 0.25) is 0 Å². The summed E-state index contributed by atoms with van der Waals surface area (Å²) in [6, 6.07) is 7.44. The van der Waals surface area contributed by atoms with E-state index in [0.717, 1.165) is 24.0 Å². The van der Waals surface area contributed by atoms with Gasteiger partial charge in [-0.25, -0.2) is 13.1 Å². The Morgan fingerprint density at radius 3 is 2.68 bits per heavy atom. The average Bonchev–Trinajstić information content (AvgIpc) is 3.10. The van der Waals surface area contributed by atoms with E-state index in [1.807, 2.05) is 25.1 Å². The van der Waals surface area contributed by atoms with E-state index in [-0.39, 0.29) is 18.2 Å². The molecule has 0 aromatic heterocycles. The fourth-order valence-corrected chi connectivity index (χ4v) is 3.41. The highest BCUT2D eigenvalue weighted by Crippen LogP contribution is 2.39. The number of sulfonamides is 1. The minimum atomic E-state index is -3.40. The summed E-state index contributed by atoms with van der Waals surface area (Å²) in [5.41, 5.74) is 0.871. The van der Waals surface area contributed by atoms with Gasteiger partial charge in [0.15, 0.2) is 0 Å². The van der Waals surface area contributed by atoms with Gasteiger partial charge in [-0.15, -0.1) is 0 Å². The van der Waals surface area contributed by atoms with Crippen molar-refractivity contribution in [1.82, 2.24) is 4.72 Å². The van der Waals surface area contributed by atoms with Crippen LogP contribution >= 0.6 is 0 Å². The molecule has 0 heterocycles. The lowest BCUT2D eigenvalue weighted by Gasteiger charge is -2.23. The largest absolute Gasteiger partial charge is 0.389 e. The third-order valence-corrected chi connectivity index (χ3v) is 4.84. The van der Waals surface area contributed by atoms with Gasteiger partial charge in [0.25, 0.3) is 0 Å². The first-order valence-corrected chi connectivity index (χ1v) is 8.19. The lowest BCUT2D eigenvalue weighted by atomic mass is 10.0. The summed E-state index contributed by atoms with van der Waals surface area (Å²) < 4.78 is 26.5. The van der Waals surface area contributed by atoms with Crippen LogP contribution in [-0.4, -0.2) is 25.7 Å². The van der Waals surface area contributed by atoms with Gasteiger partial charge < -0.3 is 5.11 Å². The van der Waals surface area contributed by atoms with Gasteiger partial charge in [-0.3, -0.25) is 0 Å². The summed E-state index contributed by atoms with van der Waals surface area (Å²) in [5, 5.41) is 10.1. The molecule has 0 amide bonds. The maximum absolute atomic E-state index is 12.0. The van der Waals surface area contributed by atoms with Crippen LogP contribution in [0.4, 0.5) is 0 Å². The zero-order chi connectivity index (χ0) is 14.1. The molecular formula is C14H21NO3S. The maximum atomic E-state index is 12.0. The Bertz CT molecular complexity index is 548. The number of aryl methyl sites for hydroxylation is 1. The molecule has 0 aliphatic heterocycles. The van der Waals surface area contributed by atoms with E-state index in [1.165, 1.54) is 0 Å². The van der Waals surface area contributed by atoms with E-state index in [0.29, 0.717) is 0 Å². The average molecular weight is 283 g/mol. The van der Waals surface area contributed by atoms with Crippen LogP contribution in [-0.2, 0) is 15.8 Å². The number of hydrogen-bond acceptors (Lipinski definition) is 3. The van der Waals surface area contributed by atoms with E-state index >= 15 is 0 Å². The summed E-state index contributed by atoms with van der Waals surface area (Å²) in [5.74, 6) is 0.185. The lowest BCUT2D eigenvalue weighted by Crippen LogP contribution is -2.42. The number of aliphatic hydroxyl groups is 1. The van der Waals surface area contributed by atoms with Crippen LogP contribution in [0.15, 0.2) is 24.3 Å². The van der Waals surface area contributed by atoms with E-state index in [1.54, 1.807) is 13.0 Å². The molecular weight excluding hydrogens is 262 g/mol. The Balaban J connectivity index is 1.95. The van der Waals surface area contributed by atoms with Crippen molar-refractivity contribution in [3.63, 3.8) is 0 Å². The monoisotopic (exact) mass is 283 g/mol. The molecule has 1 fully saturated rings. The normalized spacial score (nSPS) is 19.1. The molecule has 1 aromatic carbocycles. The number of hydrogen-bond donors (Lipinski definition) is 2. The predicted octanol–water partition coefficient (Wildman–Crippen LogP) is 1.58. The molecule has 0 saturated heterocycles. The summed E-state index contributed by atoms with van der Waals surface area (Å²) in [7, 11) is -3.40. The van der Waals surface area contributed by atoms with Crippen molar-refractivity contribution in [3.05, 3.63) is 35.4 Å². The van der Waals surface area contributed by atoms with Gasteiger partial charge in [0.2, 0.25) is 10.0 Å². The Hall–Kier alpha value is -0.910. The van der Waals surface area contributed by atoms with Crippen LogP contribution in [0.25, 0.3) is 0 Å². The number of benzene rings is 1. The first kappa shape index (κ1) is 14.5. The summed E-state index contributed by atoms with van der Waals surface area (Å²) in [6.07, 6.45) is 1.96. The molecule has 19 heavy (non-hydrogen) atoms. The molecule has 4 nitrogen and oxygen atoms in total. The summed E-state index contributed by atoms with van der Waals surface area (Å²) in [4.78, 5) is 0. The van der Waals surface area contributed by atoms with Crippen molar-refractivity contribution < 1.29 is 13.5 Å². The van der Waals surface area contributed by atoms with E-state index in [9.17, 15) is 13.5 Å². The maximum Gasteiger partial charge on any atom is 0.215 e. The number of rotatable bonds is 6. The van der Waals surface area contributed by atoms with E-state index < -0.39 is 15.6 Å². The quantitative estimate of drug-likeness (QED) is 0.833. The van der Waals surface area contributed by atoms with Gasteiger partial charge in [-0.2, -0.15) is 0 Å². The topological polar surface area (TPSA) is 66.4 Å². The molecule has 1 aromatic rings. The highest BCUT2D eigenvalue weighted by Gasteiger charge is 2.40. The molecule has 2 rings (SSSR count). The Labute approximate surface area is 114 Å². The molecule has 5 heteroatoms. The van der Waals surface area contributed by atoms with Gasteiger partial charge in [-0.1, -0.05) is 29.8 Å². The fourth-order valence-electron chi connectivity index (χ4n) is 2.18. The van der Waals surface area contributed by atoms with Crippen LogP contribution in [0.1, 0.15) is 30.9 Å². The Kier molecular flexibility index (Phi) is 3.99. The molecule has 1 unspecified atom stereocenters. The van der Waals surface area contributed by atoms with Crippen molar-refractivity contribution in [2.45, 2.75) is 38.0 Å². The first-order valence-electron chi connectivity index (χ1n) is 6.54. The van der Waals surface area contributed by atoms with Crippen molar-refractivity contribution in [2.75, 3.05) is 6.54 Å². The standard InChI is InChI=1S/C14H21NO3S/c1-11-4-3-5-12(8-11)9-19(17,18)15-10-14(2,16)13-6-7-13/h3-5,8,13,15-16H,6-7,9-10H2,1-2H3. The highest BCUT2D eigenvalue weighted by molar-refractivity contribution is 7.88. The SMILES string of the molecule is Cc1cccc(CS(=O)(=O)NCC(C)(O)C2CC2)c1. The second-order valence-electron chi connectivity index (χ2n) is 5.70. The van der Waals surface area contributed by atoms with Gasteiger partial charge in [-0.05, 0) is 38.2 Å². The molecule has 2 N–H and O–H groups in total. The molecule has 1 aliphatic rings. The minimum Gasteiger partial charge on any atom is -0.389 e. The number of nitrogens with one attached hydrogen (secondary N) is 1. The molecule has 0 spiro atoms. The van der Waals surface area contributed by atoms with E-state index in [2.05, 4.69) is 4.72 Å². The molecule has 1 atom stereocenters. The van der Waals surface area contributed by atoms with Crippen molar-refractivity contribution in [3.8, 4) is 0 Å². The van der Waals surface area contributed by atoms with Crippen molar-refractivity contribution in [2.24, 2.45) is 5.92 Å². The molecule has 0 bridgehead atoms. The Morgan fingerprint density at radius 1 is 1.42 bits per heavy atom. The van der Waals surface area contributed by atoms with Crippen LogP contribution in [0.5, 0.6) is 0 Å². The second-order valence-corrected chi connectivity index (χ2v) is 7.51. The summed E-state index contributed by atoms with van der Waals surface area (Å²) in [6.45, 7) is 3.72. The van der Waals surface area contributed by atoms with Crippen LogP contribution in [0.3, 0.4) is 0 Å². The smallest absolute Gasteiger partial charge is 0.215 e. The third kappa shape index (κ3) is 4.30. The lowest BCUT2D eigenvalue weighted by molar-refractivity contribution is 0.0422. The van der Waals surface area contributed by atoms with Crippen molar-refractivity contribution in [1.29, 1.82) is 0 Å².